The highest BCUT2D eigenvalue weighted by Gasteiger charge is 2.01. The fourth-order valence-electron chi connectivity index (χ4n) is 1.72. The van der Waals surface area contributed by atoms with Crippen LogP contribution < -0.4 is 5.32 Å². The molecule has 2 rings (SSSR count). The van der Waals surface area contributed by atoms with Crippen molar-refractivity contribution in [3.63, 3.8) is 0 Å². The molecular formula is C13H17N3. The van der Waals surface area contributed by atoms with Crippen molar-refractivity contribution in [2.75, 3.05) is 5.32 Å². The monoisotopic (exact) mass is 215 g/mol. The van der Waals surface area contributed by atoms with E-state index >= 15 is 0 Å². The molecule has 0 fully saturated rings. The Morgan fingerprint density at radius 3 is 2.75 bits per heavy atom. The molecule has 0 spiro atoms. The minimum absolute atomic E-state index is 0.840. The van der Waals surface area contributed by atoms with Gasteiger partial charge in [-0.05, 0) is 25.0 Å². The number of rotatable bonds is 3. The fourth-order valence-corrected chi connectivity index (χ4v) is 1.72. The summed E-state index contributed by atoms with van der Waals surface area (Å²) in [5.74, 6) is 1.04. The first kappa shape index (κ1) is 10.7. The van der Waals surface area contributed by atoms with Gasteiger partial charge >= 0.3 is 0 Å². The van der Waals surface area contributed by atoms with E-state index in [0.29, 0.717) is 0 Å². The van der Waals surface area contributed by atoms with Crippen molar-refractivity contribution >= 4 is 5.82 Å². The van der Waals surface area contributed by atoms with E-state index in [-0.39, 0.29) is 0 Å². The molecule has 3 heteroatoms. The lowest BCUT2D eigenvalue weighted by molar-refractivity contribution is 0.768. The van der Waals surface area contributed by atoms with E-state index in [9.17, 15) is 0 Å². The highest BCUT2D eigenvalue weighted by atomic mass is 15.3. The Balaban J connectivity index is 2.10. The van der Waals surface area contributed by atoms with Crippen LogP contribution in [-0.2, 0) is 13.6 Å². The third-order valence-electron chi connectivity index (χ3n) is 2.79. The van der Waals surface area contributed by atoms with Gasteiger partial charge in [-0.25, -0.2) is 0 Å². The van der Waals surface area contributed by atoms with Crippen LogP contribution in [0.15, 0.2) is 30.5 Å². The largest absolute Gasteiger partial charge is 0.366 e. The predicted octanol–water partition coefficient (Wildman–Crippen LogP) is 2.65. The van der Waals surface area contributed by atoms with Crippen LogP contribution >= 0.6 is 0 Å². The average Bonchev–Trinajstić information content (AvgIpc) is 2.66. The molecule has 0 aliphatic rings. The molecule has 3 nitrogen and oxygen atoms in total. The Morgan fingerprint density at radius 2 is 2.06 bits per heavy atom. The molecule has 0 atom stereocenters. The molecule has 16 heavy (non-hydrogen) atoms. The van der Waals surface area contributed by atoms with E-state index in [4.69, 9.17) is 0 Å². The predicted molar refractivity (Wildman–Crippen MR) is 66.5 cm³/mol. The van der Waals surface area contributed by atoms with Crippen molar-refractivity contribution in [3.05, 3.63) is 47.2 Å². The summed E-state index contributed by atoms with van der Waals surface area (Å²) >= 11 is 0. The topological polar surface area (TPSA) is 29.9 Å². The standard InChI is InChI=1S/C13H17N3/c1-10-4-5-11(2)12(8-10)9-14-13-6-7-15-16(13)3/h4-8,14H,9H2,1-3H3. The number of aryl methyl sites for hydroxylation is 3. The maximum atomic E-state index is 4.12. The quantitative estimate of drug-likeness (QED) is 0.853. The van der Waals surface area contributed by atoms with Gasteiger partial charge in [0.15, 0.2) is 0 Å². The normalized spacial score (nSPS) is 10.4. The van der Waals surface area contributed by atoms with Crippen molar-refractivity contribution in [2.24, 2.45) is 7.05 Å². The highest BCUT2D eigenvalue weighted by Crippen LogP contribution is 2.13. The summed E-state index contributed by atoms with van der Waals surface area (Å²) in [5.41, 5.74) is 3.95. The van der Waals surface area contributed by atoms with Gasteiger partial charge in [0.25, 0.3) is 0 Å². The maximum Gasteiger partial charge on any atom is 0.124 e. The molecule has 2 aromatic rings. The summed E-state index contributed by atoms with van der Waals surface area (Å²) in [6.45, 7) is 5.10. The molecule has 84 valence electrons. The summed E-state index contributed by atoms with van der Waals surface area (Å²) in [6.07, 6.45) is 1.80. The Kier molecular flexibility index (Phi) is 2.95. The SMILES string of the molecule is Cc1ccc(C)c(CNc2ccnn2C)c1. The Morgan fingerprint density at radius 1 is 1.25 bits per heavy atom. The van der Waals surface area contributed by atoms with E-state index in [2.05, 4.69) is 42.5 Å². The zero-order valence-electron chi connectivity index (χ0n) is 9.99. The first-order valence-electron chi connectivity index (χ1n) is 5.45. The molecule has 0 aliphatic carbocycles. The molecule has 0 bridgehead atoms. The van der Waals surface area contributed by atoms with Crippen molar-refractivity contribution in [2.45, 2.75) is 20.4 Å². The van der Waals surface area contributed by atoms with Gasteiger partial charge in [0, 0.05) is 19.7 Å². The van der Waals surface area contributed by atoms with Crippen molar-refractivity contribution < 1.29 is 0 Å². The zero-order chi connectivity index (χ0) is 11.5. The summed E-state index contributed by atoms with van der Waals surface area (Å²) in [5, 5.41) is 7.50. The van der Waals surface area contributed by atoms with Crippen LogP contribution in [-0.4, -0.2) is 9.78 Å². The number of benzene rings is 1. The zero-order valence-corrected chi connectivity index (χ0v) is 9.99. The minimum Gasteiger partial charge on any atom is -0.366 e. The van der Waals surface area contributed by atoms with Crippen LogP contribution in [0.1, 0.15) is 16.7 Å². The lowest BCUT2D eigenvalue weighted by Gasteiger charge is -2.09. The van der Waals surface area contributed by atoms with E-state index in [1.807, 2.05) is 17.8 Å². The maximum absolute atomic E-state index is 4.12. The Hall–Kier alpha value is -1.77. The average molecular weight is 215 g/mol. The van der Waals surface area contributed by atoms with Crippen LogP contribution in [0.4, 0.5) is 5.82 Å². The third kappa shape index (κ3) is 2.24. The van der Waals surface area contributed by atoms with Crippen LogP contribution in [0.5, 0.6) is 0 Å². The van der Waals surface area contributed by atoms with Gasteiger partial charge in [-0.3, -0.25) is 4.68 Å². The van der Waals surface area contributed by atoms with E-state index in [0.717, 1.165) is 12.4 Å². The second-order valence-corrected chi connectivity index (χ2v) is 4.12. The molecule has 0 saturated heterocycles. The molecule has 1 aromatic carbocycles. The lowest BCUT2D eigenvalue weighted by Crippen LogP contribution is -2.05. The van der Waals surface area contributed by atoms with Gasteiger partial charge in [-0.2, -0.15) is 5.10 Å². The molecule has 0 radical (unpaired) electrons. The van der Waals surface area contributed by atoms with Crippen LogP contribution in [0.2, 0.25) is 0 Å². The van der Waals surface area contributed by atoms with Gasteiger partial charge in [0.05, 0.1) is 6.20 Å². The van der Waals surface area contributed by atoms with Crippen LogP contribution in [0, 0.1) is 13.8 Å². The number of aromatic nitrogens is 2. The van der Waals surface area contributed by atoms with Gasteiger partial charge in [0.1, 0.15) is 5.82 Å². The second kappa shape index (κ2) is 4.39. The first-order valence-corrected chi connectivity index (χ1v) is 5.45. The highest BCUT2D eigenvalue weighted by molar-refractivity contribution is 5.38. The van der Waals surface area contributed by atoms with Crippen LogP contribution in [0.25, 0.3) is 0 Å². The Labute approximate surface area is 96.1 Å². The Bertz CT molecular complexity index is 486. The summed E-state index contributed by atoms with van der Waals surface area (Å²) < 4.78 is 1.84. The van der Waals surface area contributed by atoms with Crippen molar-refractivity contribution in [3.8, 4) is 0 Å². The van der Waals surface area contributed by atoms with Crippen LogP contribution in [0.3, 0.4) is 0 Å². The number of nitrogens with zero attached hydrogens (tertiary/aromatic N) is 2. The summed E-state index contributed by atoms with van der Waals surface area (Å²) in [6, 6.07) is 8.50. The molecule has 1 heterocycles. The van der Waals surface area contributed by atoms with Gasteiger partial charge < -0.3 is 5.32 Å². The first-order chi connectivity index (χ1) is 7.66. The number of hydrogen-bond acceptors (Lipinski definition) is 2. The summed E-state index contributed by atoms with van der Waals surface area (Å²) in [4.78, 5) is 0. The lowest BCUT2D eigenvalue weighted by atomic mass is 10.1. The molecule has 1 aromatic heterocycles. The van der Waals surface area contributed by atoms with Gasteiger partial charge in [-0.15, -0.1) is 0 Å². The molecule has 0 amide bonds. The van der Waals surface area contributed by atoms with Gasteiger partial charge in [-0.1, -0.05) is 23.8 Å². The molecule has 0 saturated carbocycles. The number of hydrogen-bond donors (Lipinski definition) is 1. The number of nitrogens with one attached hydrogen (secondary N) is 1. The molecule has 1 N–H and O–H groups in total. The minimum atomic E-state index is 0.840. The van der Waals surface area contributed by atoms with E-state index in [1.54, 1.807) is 6.20 Å². The van der Waals surface area contributed by atoms with E-state index < -0.39 is 0 Å². The fraction of sp³-hybridized carbons (Fsp3) is 0.308. The molecule has 0 aliphatic heterocycles. The molecular weight excluding hydrogens is 198 g/mol. The smallest absolute Gasteiger partial charge is 0.124 e. The second-order valence-electron chi connectivity index (χ2n) is 4.12. The number of anilines is 1. The third-order valence-corrected chi connectivity index (χ3v) is 2.79. The summed E-state index contributed by atoms with van der Waals surface area (Å²) in [7, 11) is 1.94. The molecule has 0 unspecified atom stereocenters. The van der Waals surface area contributed by atoms with Crippen molar-refractivity contribution in [1.29, 1.82) is 0 Å². The van der Waals surface area contributed by atoms with Crippen molar-refractivity contribution in [1.82, 2.24) is 9.78 Å². The van der Waals surface area contributed by atoms with Gasteiger partial charge in [0.2, 0.25) is 0 Å². The van der Waals surface area contributed by atoms with E-state index in [1.165, 1.54) is 16.7 Å².